The van der Waals surface area contributed by atoms with E-state index in [-0.39, 0.29) is 0 Å². The van der Waals surface area contributed by atoms with E-state index in [1.807, 2.05) is 34.9 Å². The van der Waals surface area contributed by atoms with Gasteiger partial charge in [0.25, 0.3) is 0 Å². The fourth-order valence-corrected chi connectivity index (χ4v) is 1.87. The molecule has 1 aromatic carbocycles. The van der Waals surface area contributed by atoms with E-state index >= 15 is 0 Å². The van der Waals surface area contributed by atoms with Crippen molar-refractivity contribution in [3.63, 3.8) is 0 Å². The summed E-state index contributed by atoms with van der Waals surface area (Å²) in [5, 5.41) is 11.2. The van der Waals surface area contributed by atoms with E-state index in [2.05, 4.69) is 27.6 Å². The van der Waals surface area contributed by atoms with Gasteiger partial charge in [0.1, 0.15) is 12.1 Å². The fourth-order valence-electron chi connectivity index (χ4n) is 1.87. The predicted octanol–water partition coefficient (Wildman–Crippen LogP) is 2.53. The Kier molecular flexibility index (Phi) is 3.27. The topological polar surface area (TPSA) is 55.9 Å². The molecule has 0 saturated carbocycles. The molecule has 2 aromatic heterocycles. The number of aromatic nitrogens is 3. The lowest BCUT2D eigenvalue weighted by Gasteiger charge is -2.07. The summed E-state index contributed by atoms with van der Waals surface area (Å²) in [6.07, 6.45) is 3.38. The maximum absolute atomic E-state index is 5.27. The van der Waals surface area contributed by atoms with Gasteiger partial charge < -0.3 is 9.73 Å². The molecular weight excluding hydrogens is 240 g/mol. The van der Waals surface area contributed by atoms with Crippen molar-refractivity contribution < 1.29 is 4.42 Å². The maximum atomic E-state index is 5.27. The maximum Gasteiger partial charge on any atom is 0.225 e. The molecule has 2 heterocycles. The normalized spacial score (nSPS) is 10.5. The zero-order chi connectivity index (χ0) is 12.9. The van der Waals surface area contributed by atoms with Crippen molar-refractivity contribution in [1.82, 2.24) is 14.8 Å². The summed E-state index contributed by atoms with van der Waals surface area (Å²) in [6, 6.07) is 14.0. The zero-order valence-electron chi connectivity index (χ0n) is 10.4. The summed E-state index contributed by atoms with van der Waals surface area (Å²) in [5.41, 5.74) is 1.21. The van der Waals surface area contributed by atoms with E-state index in [0.29, 0.717) is 6.54 Å². The zero-order valence-corrected chi connectivity index (χ0v) is 10.4. The summed E-state index contributed by atoms with van der Waals surface area (Å²) in [6.45, 7) is 1.34. The molecule has 96 valence electrons. The second kappa shape index (κ2) is 5.39. The third-order valence-corrected chi connectivity index (χ3v) is 2.81. The van der Waals surface area contributed by atoms with Crippen molar-refractivity contribution in [3.05, 3.63) is 66.4 Å². The first-order valence-corrected chi connectivity index (χ1v) is 6.10. The highest BCUT2D eigenvalue weighted by Crippen LogP contribution is 2.09. The molecule has 0 atom stereocenters. The van der Waals surface area contributed by atoms with Crippen LogP contribution in [-0.2, 0) is 13.1 Å². The first-order chi connectivity index (χ1) is 9.42. The van der Waals surface area contributed by atoms with Crippen LogP contribution in [0.15, 0.2) is 59.5 Å². The van der Waals surface area contributed by atoms with Crippen LogP contribution in [0, 0.1) is 0 Å². The van der Waals surface area contributed by atoms with Gasteiger partial charge in [0, 0.05) is 0 Å². The van der Waals surface area contributed by atoms with Crippen LogP contribution < -0.4 is 5.32 Å². The van der Waals surface area contributed by atoms with Crippen molar-refractivity contribution in [2.45, 2.75) is 13.1 Å². The highest BCUT2D eigenvalue weighted by molar-refractivity contribution is 5.26. The molecule has 0 aliphatic rings. The minimum atomic E-state index is 0.598. The van der Waals surface area contributed by atoms with Gasteiger partial charge in [0.2, 0.25) is 5.95 Å². The molecule has 0 fully saturated rings. The average Bonchev–Trinajstić information content (AvgIpc) is 3.09. The van der Waals surface area contributed by atoms with Gasteiger partial charge in [-0.25, -0.2) is 0 Å². The van der Waals surface area contributed by atoms with E-state index < -0.39 is 0 Å². The number of hydrogen-bond donors (Lipinski definition) is 1. The number of hydrogen-bond acceptors (Lipinski definition) is 4. The molecule has 0 radical (unpaired) electrons. The number of benzene rings is 1. The van der Waals surface area contributed by atoms with Crippen LogP contribution in [-0.4, -0.2) is 14.8 Å². The average molecular weight is 254 g/mol. The Labute approximate surface area is 110 Å². The summed E-state index contributed by atoms with van der Waals surface area (Å²) >= 11 is 0. The van der Waals surface area contributed by atoms with Crippen LogP contribution in [0.3, 0.4) is 0 Å². The molecule has 0 bridgehead atoms. The number of rotatable bonds is 5. The first-order valence-electron chi connectivity index (χ1n) is 6.10. The van der Waals surface area contributed by atoms with Gasteiger partial charge in [-0.05, 0) is 17.7 Å². The van der Waals surface area contributed by atoms with Crippen molar-refractivity contribution in [3.8, 4) is 0 Å². The van der Waals surface area contributed by atoms with E-state index in [0.717, 1.165) is 18.3 Å². The van der Waals surface area contributed by atoms with Crippen LogP contribution in [0.25, 0.3) is 0 Å². The van der Waals surface area contributed by atoms with E-state index in [9.17, 15) is 0 Å². The Hall–Kier alpha value is -2.56. The van der Waals surface area contributed by atoms with Crippen LogP contribution in [0.5, 0.6) is 0 Å². The molecule has 0 aliphatic heterocycles. The first kappa shape index (κ1) is 11.5. The molecule has 5 nitrogen and oxygen atoms in total. The molecule has 0 amide bonds. The van der Waals surface area contributed by atoms with Crippen LogP contribution in [0.2, 0.25) is 0 Å². The third kappa shape index (κ3) is 2.82. The molecule has 0 aliphatic carbocycles. The van der Waals surface area contributed by atoms with Crippen LogP contribution >= 0.6 is 0 Å². The van der Waals surface area contributed by atoms with Crippen molar-refractivity contribution in [2.75, 3.05) is 5.32 Å². The molecule has 5 heteroatoms. The summed E-state index contributed by atoms with van der Waals surface area (Å²) in [4.78, 5) is 0. The second-order valence-corrected chi connectivity index (χ2v) is 4.20. The Morgan fingerprint density at radius 1 is 1.11 bits per heavy atom. The lowest BCUT2D eigenvalue weighted by atomic mass is 10.2. The summed E-state index contributed by atoms with van der Waals surface area (Å²) in [5.74, 6) is 1.61. The van der Waals surface area contributed by atoms with Gasteiger partial charge in [0.05, 0.1) is 19.4 Å². The summed E-state index contributed by atoms with van der Waals surface area (Å²) in [7, 11) is 0. The number of nitrogens with one attached hydrogen (secondary N) is 1. The number of furan rings is 1. The van der Waals surface area contributed by atoms with Crippen molar-refractivity contribution >= 4 is 5.95 Å². The second-order valence-electron chi connectivity index (χ2n) is 4.20. The highest BCUT2D eigenvalue weighted by Gasteiger charge is 2.05. The van der Waals surface area contributed by atoms with Crippen LogP contribution in [0.1, 0.15) is 11.3 Å². The molecule has 3 aromatic rings. The standard InChI is InChI=1S/C14H14N4O/c1-2-5-12(6-3-1)10-18-11-16-17-14(18)15-9-13-7-4-8-19-13/h1-8,11H,9-10H2,(H,15,17). The minimum absolute atomic E-state index is 0.598. The van der Waals surface area contributed by atoms with Gasteiger partial charge >= 0.3 is 0 Å². The molecule has 3 rings (SSSR count). The molecule has 0 spiro atoms. The lowest BCUT2D eigenvalue weighted by molar-refractivity contribution is 0.517. The minimum Gasteiger partial charge on any atom is -0.467 e. The van der Waals surface area contributed by atoms with Gasteiger partial charge in [-0.15, -0.1) is 10.2 Å². The van der Waals surface area contributed by atoms with Crippen molar-refractivity contribution in [1.29, 1.82) is 0 Å². The van der Waals surface area contributed by atoms with Crippen molar-refractivity contribution in [2.24, 2.45) is 0 Å². The largest absolute Gasteiger partial charge is 0.467 e. The van der Waals surface area contributed by atoms with E-state index in [1.54, 1.807) is 12.6 Å². The van der Waals surface area contributed by atoms with E-state index in [1.165, 1.54) is 5.56 Å². The molecule has 1 N–H and O–H groups in total. The Morgan fingerprint density at radius 3 is 2.79 bits per heavy atom. The van der Waals surface area contributed by atoms with Gasteiger partial charge in [0.15, 0.2) is 0 Å². The van der Waals surface area contributed by atoms with Gasteiger partial charge in [-0.2, -0.15) is 0 Å². The fraction of sp³-hybridized carbons (Fsp3) is 0.143. The molecular formula is C14H14N4O. The highest BCUT2D eigenvalue weighted by atomic mass is 16.3. The summed E-state index contributed by atoms with van der Waals surface area (Å²) < 4.78 is 7.24. The Morgan fingerprint density at radius 2 is 2.00 bits per heavy atom. The Bertz CT molecular complexity index is 616. The molecule has 0 unspecified atom stereocenters. The van der Waals surface area contributed by atoms with Crippen LogP contribution in [0.4, 0.5) is 5.95 Å². The van der Waals surface area contributed by atoms with Gasteiger partial charge in [-0.3, -0.25) is 4.57 Å². The smallest absolute Gasteiger partial charge is 0.225 e. The monoisotopic (exact) mass is 254 g/mol. The SMILES string of the molecule is c1ccc(Cn2cnnc2NCc2ccco2)cc1. The predicted molar refractivity (Wildman–Crippen MR) is 71.6 cm³/mol. The van der Waals surface area contributed by atoms with E-state index in [4.69, 9.17) is 4.42 Å². The molecule has 0 saturated heterocycles. The Balaban J connectivity index is 1.68. The molecule has 19 heavy (non-hydrogen) atoms. The quantitative estimate of drug-likeness (QED) is 0.760. The third-order valence-electron chi connectivity index (χ3n) is 2.81. The van der Waals surface area contributed by atoms with Gasteiger partial charge in [-0.1, -0.05) is 30.3 Å². The number of anilines is 1. The lowest BCUT2D eigenvalue weighted by Crippen LogP contribution is -2.07. The number of nitrogens with zero attached hydrogens (tertiary/aromatic N) is 3.